The second kappa shape index (κ2) is 6.74. The summed E-state index contributed by atoms with van der Waals surface area (Å²) in [5.41, 5.74) is 0.566. The van der Waals surface area contributed by atoms with E-state index in [4.69, 9.17) is 16.0 Å². The van der Waals surface area contributed by atoms with Gasteiger partial charge in [-0.2, -0.15) is 0 Å². The number of hydrogen-bond donors (Lipinski definition) is 1. The van der Waals surface area contributed by atoms with Gasteiger partial charge in [0.15, 0.2) is 5.76 Å². The number of halogens is 2. The van der Waals surface area contributed by atoms with Crippen molar-refractivity contribution in [1.82, 2.24) is 0 Å². The van der Waals surface area contributed by atoms with Crippen molar-refractivity contribution in [1.29, 1.82) is 0 Å². The number of nitrogens with one attached hydrogen (secondary N) is 1. The van der Waals surface area contributed by atoms with Crippen LogP contribution in [0.1, 0.15) is 10.6 Å². The van der Waals surface area contributed by atoms with E-state index in [1.807, 2.05) is 0 Å². The molecule has 0 radical (unpaired) electrons. The topological polar surface area (TPSA) is 85.4 Å². The first-order valence-electron chi connectivity index (χ1n) is 7.05. The lowest BCUT2D eigenvalue weighted by Gasteiger charge is -2.03. The fourth-order valence-electron chi connectivity index (χ4n) is 2.15. The summed E-state index contributed by atoms with van der Waals surface area (Å²) in [4.78, 5) is 22.5. The lowest BCUT2D eigenvalue weighted by atomic mass is 10.1. The molecule has 0 atom stereocenters. The summed E-state index contributed by atoms with van der Waals surface area (Å²) in [6.07, 6.45) is 0. The van der Waals surface area contributed by atoms with Crippen molar-refractivity contribution in [3.05, 3.63) is 81.3 Å². The molecule has 0 saturated heterocycles. The van der Waals surface area contributed by atoms with Crippen LogP contribution in [0.2, 0.25) is 5.02 Å². The third kappa shape index (κ3) is 3.67. The molecule has 0 fully saturated rings. The fraction of sp³-hybridized carbons (Fsp3) is 0. The zero-order valence-electron chi connectivity index (χ0n) is 12.5. The van der Waals surface area contributed by atoms with Gasteiger partial charge in [0.1, 0.15) is 16.6 Å². The first-order valence-corrected chi connectivity index (χ1v) is 7.43. The normalized spacial score (nSPS) is 10.5. The molecule has 0 aliphatic carbocycles. The van der Waals surface area contributed by atoms with Crippen LogP contribution in [0.15, 0.2) is 59.0 Å². The van der Waals surface area contributed by atoms with Gasteiger partial charge in [-0.1, -0.05) is 11.6 Å². The van der Waals surface area contributed by atoms with Crippen LogP contribution in [-0.2, 0) is 0 Å². The third-order valence-corrected chi connectivity index (χ3v) is 3.68. The van der Waals surface area contributed by atoms with E-state index >= 15 is 0 Å². The number of benzene rings is 2. The predicted molar refractivity (Wildman–Crippen MR) is 90.2 cm³/mol. The van der Waals surface area contributed by atoms with E-state index in [1.165, 1.54) is 48.5 Å². The van der Waals surface area contributed by atoms with Crippen LogP contribution >= 0.6 is 11.6 Å². The molecular weight excluding hydrogens is 351 g/mol. The molecule has 8 heteroatoms. The Labute approximate surface area is 146 Å². The van der Waals surface area contributed by atoms with Gasteiger partial charge in [0.05, 0.1) is 4.92 Å². The highest BCUT2D eigenvalue weighted by atomic mass is 35.5. The Balaban J connectivity index is 1.82. The van der Waals surface area contributed by atoms with Gasteiger partial charge in [0, 0.05) is 17.3 Å². The van der Waals surface area contributed by atoms with Crippen LogP contribution in [0.3, 0.4) is 0 Å². The molecule has 6 nitrogen and oxygen atoms in total. The van der Waals surface area contributed by atoms with Crippen molar-refractivity contribution in [3.63, 3.8) is 0 Å². The Morgan fingerprint density at radius 3 is 2.52 bits per heavy atom. The minimum absolute atomic E-state index is 0.00887. The molecule has 2 aromatic carbocycles. The average molecular weight is 361 g/mol. The number of furan rings is 1. The monoisotopic (exact) mass is 360 g/mol. The standard InChI is InChI=1S/C17H10ClFN2O4/c18-13-6-1-10(9-14(13)21(23)24)15-7-8-16(25-15)17(22)20-12-4-2-11(19)3-5-12/h1-9H,(H,20,22). The van der Waals surface area contributed by atoms with E-state index in [2.05, 4.69) is 5.32 Å². The van der Waals surface area contributed by atoms with Crippen molar-refractivity contribution in [2.45, 2.75) is 0 Å². The number of nitrogens with zero attached hydrogens (tertiary/aromatic N) is 1. The molecule has 0 spiro atoms. The number of anilines is 1. The fourth-order valence-corrected chi connectivity index (χ4v) is 2.33. The summed E-state index contributed by atoms with van der Waals surface area (Å²) in [5, 5.41) is 13.5. The minimum Gasteiger partial charge on any atom is -0.451 e. The number of nitro benzene ring substituents is 1. The zero-order valence-corrected chi connectivity index (χ0v) is 13.3. The van der Waals surface area contributed by atoms with Gasteiger partial charge in [0.25, 0.3) is 11.6 Å². The molecule has 3 aromatic rings. The van der Waals surface area contributed by atoms with Gasteiger partial charge in [-0.3, -0.25) is 14.9 Å². The Bertz CT molecular complexity index is 954. The summed E-state index contributed by atoms with van der Waals surface area (Å²) >= 11 is 5.77. The molecule has 25 heavy (non-hydrogen) atoms. The van der Waals surface area contributed by atoms with Crippen LogP contribution in [-0.4, -0.2) is 10.8 Å². The summed E-state index contributed by atoms with van der Waals surface area (Å²) in [6.45, 7) is 0. The number of carbonyl (C=O) groups is 1. The number of carbonyl (C=O) groups excluding carboxylic acids is 1. The van der Waals surface area contributed by atoms with Crippen molar-refractivity contribution < 1.29 is 18.5 Å². The number of amides is 1. The largest absolute Gasteiger partial charge is 0.451 e. The van der Waals surface area contributed by atoms with E-state index < -0.39 is 16.6 Å². The smallest absolute Gasteiger partial charge is 0.291 e. The van der Waals surface area contributed by atoms with Gasteiger partial charge < -0.3 is 9.73 Å². The number of rotatable bonds is 4. The van der Waals surface area contributed by atoms with E-state index in [1.54, 1.807) is 6.07 Å². The van der Waals surface area contributed by atoms with Gasteiger partial charge in [0.2, 0.25) is 0 Å². The first-order chi connectivity index (χ1) is 11.9. The molecular formula is C17H10ClFN2O4. The summed E-state index contributed by atoms with van der Waals surface area (Å²) in [5.74, 6) is -0.648. The zero-order chi connectivity index (χ0) is 18.0. The van der Waals surface area contributed by atoms with E-state index in [0.29, 0.717) is 11.3 Å². The molecule has 3 rings (SSSR count). The van der Waals surface area contributed by atoms with Crippen LogP contribution in [0.4, 0.5) is 15.8 Å². The highest BCUT2D eigenvalue weighted by Gasteiger charge is 2.17. The van der Waals surface area contributed by atoms with Crippen molar-refractivity contribution in [2.24, 2.45) is 0 Å². The lowest BCUT2D eigenvalue weighted by Crippen LogP contribution is -2.10. The van der Waals surface area contributed by atoms with Gasteiger partial charge >= 0.3 is 0 Å². The van der Waals surface area contributed by atoms with Crippen molar-refractivity contribution in [2.75, 3.05) is 5.32 Å². The van der Waals surface area contributed by atoms with E-state index in [0.717, 1.165) is 0 Å². The number of hydrogen-bond acceptors (Lipinski definition) is 4. The molecule has 0 unspecified atom stereocenters. The van der Waals surface area contributed by atoms with Crippen LogP contribution in [0.25, 0.3) is 11.3 Å². The lowest BCUT2D eigenvalue weighted by molar-refractivity contribution is -0.384. The Hall–Kier alpha value is -3.19. The SMILES string of the molecule is O=C(Nc1ccc(F)cc1)c1ccc(-c2ccc(Cl)c([N+](=O)[O-])c2)o1. The average Bonchev–Trinajstić information content (AvgIpc) is 3.07. The molecule has 126 valence electrons. The molecule has 0 aliphatic rings. The molecule has 0 saturated carbocycles. The minimum atomic E-state index is -0.600. The summed E-state index contributed by atoms with van der Waals surface area (Å²) in [6, 6.07) is 12.4. The van der Waals surface area contributed by atoms with Crippen LogP contribution < -0.4 is 5.32 Å². The molecule has 1 amide bonds. The maximum Gasteiger partial charge on any atom is 0.291 e. The van der Waals surface area contributed by atoms with Crippen molar-refractivity contribution in [3.8, 4) is 11.3 Å². The van der Waals surface area contributed by atoms with Crippen LogP contribution in [0.5, 0.6) is 0 Å². The highest BCUT2D eigenvalue weighted by molar-refractivity contribution is 6.32. The quantitative estimate of drug-likeness (QED) is 0.529. The Morgan fingerprint density at radius 1 is 1.12 bits per heavy atom. The summed E-state index contributed by atoms with van der Waals surface area (Å²) < 4.78 is 18.3. The predicted octanol–water partition coefficient (Wildman–Crippen LogP) is 4.90. The van der Waals surface area contributed by atoms with E-state index in [-0.39, 0.29) is 22.2 Å². The second-order valence-corrected chi connectivity index (χ2v) is 5.46. The van der Waals surface area contributed by atoms with Gasteiger partial charge in [-0.15, -0.1) is 0 Å². The first kappa shape index (κ1) is 16.7. The molecule has 1 heterocycles. The number of nitro groups is 1. The molecule has 0 bridgehead atoms. The second-order valence-electron chi connectivity index (χ2n) is 5.05. The third-order valence-electron chi connectivity index (χ3n) is 3.36. The maximum absolute atomic E-state index is 12.9. The van der Waals surface area contributed by atoms with E-state index in [9.17, 15) is 19.3 Å². The maximum atomic E-state index is 12.9. The highest BCUT2D eigenvalue weighted by Crippen LogP contribution is 2.31. The van der Waals surface area contributed by atoms with Gasteiger partial charge in [-0.25, -0.2) is 4.39 Å². The molecule has 1 aromatic heterocycles. The summed E-state index contributed by atoms with van der Waals surface area (Å²) in [7, 11) is 0. The Morgan fingerprint density at radius 2 is 1.84 bits per heavy atom. The van der Waals surface area contributed by atoms with Crippen LogP contribution in [0, 0.1) is 15.9 Å². The molecule has 1 N–H and O–H groups in total. The molecule has 0 aliphatic heterocycles. The Kier molecular flexibility index (Phi) is 4.49. The van der Waals surface area contributed by atoms with Crippen molar-refractivity contribution >= 4 is 28.9 Å². The van der Waals surface area contributed by atoms with Gasteiger partial charge in [-0.05, 0) is 48.5 Å².